The molecule has 0 radical (unpaired) electrons. The zero-order chi connectivity index (χ0) is 20.7. The van der Waals surface area contributed by atoms with Gasteiger partial charge in [0.25, 0.3) is 0 Å². The number of aromatic nitrogens is 1. The highest BCUT2D eigenvalue weighted by atomic mass is 16.5. The highest BCUT2D eigenvalue weighted by molar-refractivity contribution is 5.79. The highest BCUT2D eigenvalue weighted by Crippen LogP contribution is 2.41. The lowest BCUT2D eigenvalue weighted by molar-refractivity contribution is -0.132. The van der Waals surface area contributed by atoms with Crippen LogP contribution in [0.1, 0.15) is 72.2 Å². The fourth-order valence-corrected chi connectivity index (χ4v) is 5.91. The number of carbonyl (C=O) groups excluding carboxylic acids is 1. The van der Waals surface area contributed by atoms with Gasteiger partial charge in [-0.1, -0.05) is 23.4 Å². The number of benzene rings is 1. The molecule has 1 unspecified atom stereocenters. The third kappa shape index (κ3) is 3.58. The van der Waals surface area contributed by atoms with Crippen molar-refractivity contribution in [2.45, 2.75) is 83.8 Å². The van der Waals surface area contributed by atoms with Gasteiger partial charge in [-0.05, 0) is 82.0 Å². The first-order chi connectivity index (χ1) is 14.5. The summed E-state index contributed by atoms with van der Waals surface area (Å²) in [6, 6.07) is 7.11. The van der Waals surface area contributed by atoms with E-state index in [1.807, 2.05) is 13.8 Å². The smallest absolute Gasteiger partial charge is 0.223 e. The Hall–Kier alpha value is -2.14. The molecule has 1 spiro atoms. The van der Waals surface area contributed by atoms with E-state index in [-0.39, 0.29) is 5.54 Å². The van der Waals surface area contributed by atoms with E-state index in [1.165, 1.54) is 24.8 Å². The third-order valence-corrected chi connectivity index (χ3v) is 7.75. The van der Waals surface area contributed by atoms with Gasteiger partial charge in [0.15, 0.2) is 0 Å². The van der Waals surface area contributed by atoms with Crippen molar-refractivity contribution in [1.82, 2.24) is 15.0 Å². The molecule has 0 N–H and O–H groups in total. The molecule has 2 aliphatic heterocycles. The summed E-state index contributed by atoms with van der Waals surface area (Å²) in [7, 11) is 0. The number of hydrogen-bond donors (Lipinski definition) is 0. The predicted molar refractivity (Wildman–Crippen MR) is 116 cm³/mol. The number of carbonyl (C=O) groups is 1. The maximum absolute atomic E-state index is 12.9. The second kappa shape index (κ2) is 7.84. The molecule has 0 saturated carbocycles. The van der Waals surface area contributed by atoms with Crippen molar-refractivity contribution in [3.05, 3.63) is 51.9 Å². The van der Waals surface area contributed by atoms with Crippen molar-refractivity contribution in [2.24, 2.45) is 0 Å². The number of rotatable bonds is 4. The van der Waals surface area contributed by atoms with E-state index >= 15 is 0 Å². The van der Waals surface area contributed by atoms with Crippen LogP contribution >= 0.6 is 0 Å². The van der Waals surface area contributed by atoms with Crippen molar-refractivity contribution >= 4 is 5.91 Å². The van der Waals surface area contributed by atoms with Crippen molar-refractivity contribution in [3.63, 3.8) is 0 Å². The van der Waals surface area contributed by atoms with Crippen LogP contribution < -0.4 is 0 Å². The van der Waals surface area contributed by atoms with Crippen LogP contribution in [-0.4, -0.2) is 39.5 Å². The minimum atomic E-state index is -0.0000811. The minimum absolute atomic E-state index is 0.0000811. The van der Waals surface area contributed by atoms with Gasteiger partial charge in [0, 0.05) is 30.6 Å². The molecule has 2 aromatic rings. The Kier molecular flexibility index (Phi) is 5.18. The first-order valence-electron chi connectivity index (χ1n) is 11.6. The summed E-state index contributed by atoms with van der Waals surface area (Å²) in [6.07, 6.45) is 8.77. The van der Waals surface area contributed by atoms with Gasteiger partial charge in [-0.25, -0.2) is 0 Å². The Bertz CT molecular complexity index is 930. The summed E-state index contributed by atoms with van der Waals surface area (Å²) in [5.41, 5.74) is 6.55. The van der Waals surface area contributed by atoms with Gasteiger partial charge in [0.05, 0.1) is 12.2 Å². The molecule has 2 fully saturated rings. The van der Waals surface area contributed by atoms with Gasteiger partial charge in [0.2, 0.25) is 5.91 Å². The molecule has 1 aromatic heterocycles. The number of hydrogen-bond acceptors (Lipinski definition) is 4. The normalized spacial score (nSPS) is 24.6. The fourth-order valence-electron chi connectivity index (χ4n) is 5.91. The lowest BCUT2D eigenvalue weighted by atomic mass is 9.87. The number of likely N-dealkylation sites (tertiary alicyclic amines) is 2. The summed E-state index contributed by atoms with van der Waals surface area (Å²) < 4.78 is 5.36. The number of amides is 1. The average Bonchev–Trinajstić information content (AvgIpc) is 3.36. The molecule has 3 aliphatic rings. The van der Waals surface area contributed by atoms with Crippen molar-refractivity contribution in [1.29, 1.82) is 0 Å². The molecule has 1 amide bonds. The van der Waals surface area contributed by atoms with Gasteiger partial charge >= 0.3 is 0 Å². The highest BCUT2D eigenvalue weighted by Gasteiger charge is 2.46. The molecule has 1 aromatic carbocycles. The van der Waals surface area contributed by atoms with E-state index in [2.05, 4.69) is 33.2 Å². The Morgan fingerprint density at radius 1 is 1.00 bits per heavy atom. The Balaban J connectivity index is 1.29. The maximum Gasteiger partial charge on any atom is 0.223 e. The first-order valence-corrected chi connectivity index (χ1v) is 11.6. The van der Waals surface area contributed by atoms with Gasteiger partial charge in [-0.2, -0.15) is 0 Å². The standard InChI is InChI=1S/C25H33N3O2/c1-18-23(19(2)30-26-18)17-28-24(29)9-11-25(28)10-4-13-27(14-12-25)16-20-7-8-21-5-3-6-22(21)15-20/h7-8,15H,3-6,9-14,16-17H2,1-2H3. The summed E-state index contributed by atoms with van der Waals surface area (Å²) in [4.78, 5) is 17.6. The molecule has 160 valence electrons. The summed E-state index contributed by atoms with van der Waals surface area (Å²) >= 11 is 0. The zero-order valence-electron chi connectivity index (χ0n) is 18.4. The van der Waals surface area contributed by atoms with E-state index in [4.69, 9.17) is 4.52 Å². The third-order valence-electron chi connectivity index (χ3n) is 7.75. The maximum atomic E-state index is 12.9. The molecule has 1 aliphatic carbocycles. The zero-order valence-corrected chi connectivity index (χ0v) is 18.4. The van der Waals surface area contributed by atoms with E-state index in [1.54, 1.807) is 11.1 Å². The van der Waals surface area contributed by atoms with Gasteiger partial charge in [0.1, 0.15) is 5.76 Å². The predicted octanol–water partition coefficient (Wildman–Crippen LogP) is 4.33. The largest absolute Gasteiger partial charge is 0.361 e. The van der Waals surface area contributed by atoms with E-state index in [0.717, 1.165) is 62.3 Å². The molecule has 30 heavy (non-hydrogen) atoms. The van der Waals surface area contributed by atoms with Crippen LogP contribution in [0.2, 0.25) is 0 Å². The van der Waals surface area contributed by atoms with Crippen molar-refractivity contribution in [2.75, 3.05) is 13.1 Å². The van der Waals surface area contributed by atoms with Crippen molar-refractivity contribution < 1.29 is 9.32 Å². The van der Waals surface area contributed by atoms with Crippen LogP contribution in [0.4, 0.5) is 0 Å². The van der Waals surface area contributed by atoms with Crippen LogP contribution in [0.15, 0.2) is 22.7 Å². The summed E-state index contributed by atoms with van der Waals surface area (Å²) in [5.74, 6) is 1.14. The first kappa shape index (κ1) is 19.8. The number of fused-ring (bicyclic) bond motifs is 1. The van der Waals surface area contributed by atoms with Crippen molar-refractivity contribution in [3.8, 4) is 0 Å². The quantitative estimate of drug-likeness (QED) is 0.757. The molecule has 5 nitrogen and oxygen atoms in total. The molecule has 5 heteroatoms. The molecule has 0 bridgehead atoms. The molecule has 3 heterocycles. The van der Waals surface area contributed by atoms with E-state index in [0.29, 0.717) is 18.9 Å². The fraction of sp³-hybridized carbons (Fsp3) is 0.600. The summed E-state index contributed by atoms with van der Waals surface area (Å²) in [6.45, 7) is 7.78. The van der Waals surface area contributed by atoms with E-state index in [9.17, 15) is 4.79 Å². The van der Waals surface area contributed by atoms with Crippen LogP contribution in [-0.2, 0) is 30.7 Å². The summed E-state index contributed by atoms with van der Waals surface area (Å²) in [5, 5.41) is 4.10. The van der Waals surface area contributed by atoms with Crippen LogP contribution in [0, 0.1) is 13.8 Å². The lowest BCUT2D eigenvalue weighted by Gasteiger charge is -2.38. The SMILES string of the molecule is Cc1noc(C)c1CN1C(=O)CCC12CCCN(Cc1ccc3c(c1)CCC3)CC2. The molecule has 2 saturated heterocycles. The molecular formula is C25H33N3O2. The topological polar surface area (TPSA) is 49.6 Å². The second-order valence-electron chi connectivity index (χ2n) is 9.59. The molecule has 1 atom stereocenters. The second-order valence-corrected chi connectivity index (χ2v) is 9.59. The van der Waals surface area contributed by atoms with Crippen LogP contribution in [0.3, 0.4) is 0 Å². The Morgan fingerprint density at radius 3 is 2.70 bits per heavy atom. The molecular weight excluding hydrogens is 374 g/mol. The average molecular weight is 408 g/mol. The van der Waals surface area contributed by atoms with Crippen LogP contribution in [0.5, 0.6) is 0 Å². The number of aryl methyl sites for hydroxylation is 4. The molecule has 5 rings (SSSR count). The van der Waals surface area contributed by atoms with Gasteiger partial charge in [-0.15, -0.1) is 0 Å². The van der Waals surface area contributed by atoms with Gasteiger partial charge in [-0.3, -0.25) is 9.69 Å². The Labute approximate surface area is 179 Å². The monoisotopic (exact) mass is 407 g/mol. The Morgan fingerprint density at radius 2 is 1.87 bits per heavy atom. The minimum Gasteiger partial charge on any atom is -0.361 e. The van der Waals surface area contributed by atoms with Gasteiger partial charge < -0.3 is 9.42 Å². The van der Waals surface area contributed by atoms with Crippen LogP contribution in [0.25, 0.3) is 0 Å². The number of nitrogens with zero attached hydrogens (tertiary/aromatic N) is 3. The lowest BCUT2D eigenvalue weighted by Crippen LogP contribution is -2.46. The van der Waals surface area contributed by atoms with E-state index < -0.39 is 0 Å².